The van der Waals surface area contributed by atoms with Crippen LogP contribution in [0.1, 0.15) is 36.4 Å². The highest BCUT2D eigenvalue weighted by molar-refractivity contribution is 5.89. The zero-order valence-electron chi connectivity index (χ0n) is 21.8. The minimum Gasteiger partial charge on any atom is -0.457 e. The summed E-state index contributed by atoms with van der Waals surface area (Å²) in [5.74, 6) is 1.02. The van der Waals surface area contributed by atoms with Crippen LogP contribution in [0.3, 0.4) is 0 Å². The summed E-state index contributed by atoms with van der Waals surface area (Å²) in [4.78, 5) is 29.6. The van der Waals surface area contributed by atoms with E-state index < -0.39 is 5.82 Å². The Morgan fingerprint density at radius 3 is 3.00 bits per heavy atom. The molecular weight excluding hydrogens is 511 g/mol. The number of carbonyl (C=O) groups is 1. The molecule has 6 rings (SSSR count). The highest BCUT2D eigenvalue weighted by Gasteiger charge is 2.29. The van der Waals surface area contributed by atoms with Gasteiger partial charge < -0.3 is 15.4 Å². The molecule has 1 fully saturated rings. The van der Waals surface area contributed by atoms with Crippen LogP contribution >= 0.6 is 0 Å². The lowest BCUT2D eigenvalue weighted by molar-refractivity contribution is -0.114. The number of hydrogen-bond donors (Lipinski definition) is 2. The molecule has 0 bridgehead atoms. The molecule has 2 N–H and O–H groups in total. The number of benzene rings is 1. The molecule has 40 heavy (non-hydrogen) atoms. The zero-order valence-corrected chi connectivity index (χ0v) is 21.8. The van der Waals surface area contributed by atoms with Gasteiger partial charge >= 0.3 is 0 Å². The molecule has 1 aliphatic rings. The molecule has 1 saturated heterocycles. The van der Waals surface area contributed by atoms with Crippen molar-refractivity contribution >= 4 is 34.0 Å². The molecule has 0 spiro atoms. The molecule has 5 aromatic rings. The molecule has 202 valence electrons. The van der Waals surface area contributed by atoms with Gasteiger partial charge in [-0.2, -0.15) is 5.10 Å². The maximum atomic E-state index is 15.5. The second kappa shape index (κ2) is 10.8. The molecule has 4 aromatic heterocycles. The molecule has 10 nitrogen and oxygen atoms in total. The average molecular weight is 539 g/mol. The van der Waals surface area contributed by atoms with E-state index in [4.69, 9.17) is 9.72 Å². The lowest BCUT2D eigenvalue weighted by Crippen LogP contribution is -2.27. The molecule has 0 saturated carbocycles. The highest BCUT2D eigenvalue weighted by atomic mass is 19.1. The zero-order chi connectivity index (χ0) is 27.6. The Morgan fingerprint density at radius 2 is 2.12 bits per heavy atom. The SMILES string of the molecule is C=CC(=O)CC[C@H]1NCC[C@@H]1c1ccc2ncnc(Nc3ccc(Oc4ccn5ncnc5c4)c(C)c3F)c2n1. The van der Waals surface area contributed by atoms with Crippen LogP contribution in [0.2, 0.25) is 0 Å². The van der Waals surface area contributed by atoms with Crippen molar-refractivity contribution in [2.45, 2.75) is 38.1 Å². The number of allylic oxidation sites excluding steroid dienone is 1. The van der Waals surface area contributed by atoms with E-state index in [1.165, 1.54) is 18.7 Å². The number of anilines is 2. The predicted octanol–water partition coefficient (Wildman–Crippen LogP) is 5.03. The van der Waals surface area contributed by atoms with Crippen molar-refractivity contribution < 1.29 is 13.9 Å². The van der Waals surface area contributed by atoms with Crippen LogP contribution in [0.5, 0.6) is 11.5 Å². The molecule has 2 atom stereocenters. The van der Waals surface area contributed by atoms with Crippen LogP contribution in [-0.4, -0.2) is 47.9 Å². The topological polar surface area (TPSA) is 119 Å². The number of ether oxygens (including phenoxy) is 1. The fourth-order valence-corrected chi connectivity index (χ4v) is 5.07. The van der Waals surface area contributed by atoms with Gasteiger partial charge in [-0.1, -0.05) is 6.58 Å². The van der Waals surface area contributed by atoms with Crippen LogP contribution in [0.4, 0.5) is 15.9 Å². The summed E-state index contributed by atoms with van der Waals surface area (Å²) in [6.45, 7) is 6.07. The van der Waals surface area contributed by atoms with E-state index in [0.717, 1.165) is 18.7 Å². The smallest absolute Gasteiger partial charge is 0.160 e. The van der Waals surface area contributed by atoms with E-state index in [2.05, 4.69) is 37.3 Å². The number of halogens is 1. The fraction of sp³-hybridized carbons (Fsp3) is 0.241. The quantitative estimate of drug-likeness (QED) is 0.249. The molecule has 0 aliphatic carbocycles. The van der Waals surface area contributed by atoms with E-state index in [9.17, 15) is 4.79 Å². The predicted molar refractivity (Wildman–Crippen MR) is 148 cm³/mol. The maximum Gasteiger partial charge on any atom is 0.160 e. The third kappa shape index (κ3) is 4.98. The largest absolute Gasteiger partial charge is 0.457 e. The number of nitrogens with one attached hydrogen (secondary N) is 2. The van der Waals surface area contributed by atoms with Gasteiger partial charge in [-0.05, 0) is 62.7 Å². The summed E-state index contributed by atoms with van der Waals surface area (Å²) < 4.78 is 23.1. The van der Waals surface area contributed by atoms with Gasteiger partial charge in [0.2, 0.25) is 0 Å². The van der Waals surface area contributed by atoms with Gasteiger partial charge in [-0.15, -0.1) is 0 Å². The number of ketones is 1. The molecule has 11 heteroatoms. The van der Waals surface area contributed by atoms with Crippen molar-refractivity contribution in [3.05, 3.63) is 85.0 Å². The number of nitrogens with zero attached hydrogens (tertiary/aromatic N) is 6. The Balaban J connectivity index is 1.25. The Morgan fingerprint density at radius 1 is 1.23 bits per heavy atom. The Kier molecular flexibility index (Phi) is 6.87. The average Bonchev–Trinajstić information content (AvgIpc) is 3.65. The van der Waals surface area contributed by atoms with E-state index in [0.29, 0.717) is 52.4 Å². The van der Waals surface area contributed by atoms with Crippen LogP contribution in [0, 0.1) is 12.7 Å². The molecule has 1 aromatic carbocycles. The summed E-state index contributed by atoms with van der Waals surface area (Å²) in [6, 6.07) is 10.8. The van der Waals surface area contributed by atoms with Gasteiger partial charge in [0.1, 0.15) is 29.7 Å². The normalized spacial score (nSPS) is 16.9. The standard InChI is InChI=1S/C29H27FN8O2/c1-3-18(39)4-5-21-20(10-12-31-21)22-6-7-24-28(36-22)29(34-15-32-24)37-23-8-9-25(17(2)27(23)30)40-19-11-13-38-26(14-19)33-16-35-38/h3,6-9,11,13-16,20-21,31H,1,4-5,10,12H2,2H3,(H,32,34,37)/t20-,21+/m0/s1. The molecule has 5 heterocycles. The van der Waals surface area contributed by atoms with Crippen LogP contribution in [0.25, 0.3) is 16.7 Å². The second-order valence-corrected chi connectivity index (χ2v) is 9.69. The van der Waals surface area contributed by atoms with Crippen molar-refractivity contribution in [3.8, 4) is 11.5 Å². The van der Waals surface area contributed by atoms with Crippen LogP contribution in [-0.2, 0) is 4.79 Å². The number of pyridine rings is 2. The van der Waals surface area contributed by atoms with E-state index in [1.54, 1.807) is 41.9 Å². The third-order valence-electron chi connectivity index (χ3n) is 7.23. The number of hydrogen-bond acceptors (Lipinski definition) is 9. The van der Waals surface area contributed by atoms with Crippen molar-refractivity contribution in [1.29, 1.82) is 0 Å². The van der Waals surface area contributed by atoms with Gasteiger partial charge in [-0.25, -0.2) is 28.8 Å². The number of carbonyl (C=O) groups excluding carboxylic acids is 1. The van der Waals surface area contributed by atoms with Crippen LogP contribution < -0.4 is 15.4 Å². The van der Waals surface area contributed by atoms with Gasteiger partial charge in [0.05, 0.1) is 11.2 Å². The van der Waals surface area contributed by atoms with Gasteiger partial charge in [-0.3, -0.25) is 4.79 Å². The van der Waals surface area contributed by atoms with Crippen LogP contribution in [0.15, 0.2) is 67.9 Å². The van der Waals surface area contributed by atoms with Crippen molar-refractivity contribution in [3.63, 3.8) is 0 Å². The first-order valence-electron chi connectivity index (χ1n) is 13.0. The fourth-order valence-electron chi connectivity index (χ4n) is 5.07. The van der Waals surface area contributed by atoms with Crippen molar-refractivity contribution in [1.82, 2.24) is 34.9 Å². The maximum absolute atomic E-state index is 15.5. The highest BCUT2D eigenvalue weighted by Crippen LogP contribution is 2.34. The van der Waals surface area contributed by atoms with Crippen molar-refractivity contribution in [2.75, 3.05) is 11.9 Å². The first-order chi connectivity index (χ1) is 19.5. The van der Waals surface area contributed by atoms with E-state index in [1.807, 2.05) is 12.1 Å². The van der Waals surface area contributed by atoms with E-state index >= 15 is 4.39 Å². The van der Waals surface area contributed by atoms with Gasteiger partial charge in [0.25, 0.3) is 0 Å². The number of rotatable bonds is 9. The monoisotopic (exact) mass is 538 g/mol. The molecule has 0 radical (unpaired) electrons. The van der Waals surface area contributed by atoms with Gasteiger partial charge in [0, 0.05) is 41.9 Å². The first kappa shape index (κ1) is 25.5. The van der Waals surface area contributed by atoms with Gasteiger partial charge in [0.15, 0.2) is 23.1 Å². The lowest BCUT2D eigenvalue weighted by atomic mass is 9.92. The summed E-state index contributed by atoms with van der Waals surface area (Å²) in [5, 5.41) is 10.7. The number of fused-ring (bicyclic) bond motifs is 2. The molecular formula is C29H27FN8O2. The summed E-state index contributed by atoms with van der Waals surface area (Å²) in [5.41, 5.74) is 3.29. The number of aromatic nitrogens is 6. The lowest BCUT2D eigenvalue weighted by Gasteiger charge is -2.19. The third-order valence-corrected chi connectivity index (χ3v) is 7.23. The Hall–Kier alpha value is -4.77. The molecule has 0 amide bonds. The minimum absolute atomic E-state index is 0.0314. The summed E-state index contributed by atoms with van der Waals surface area (Å²) in [6.07, 6.45) is 8.02. The molecule has 1 aliphatic heterocycles. The Labute approximate surface area is 229 Å². The van der Waals surface area contributed by atoms with Crippen molar-refractivity contribution in [2.24, 2.45) is 0 Å². The molecule has 0 unspecified atom stereocenters. The Bertz CT molecular complexity index is 1740. The second-order valence-electron chi connectivity index (χ2n) is 9.69. The summed E-state index contributed by atoms with van der Waals surface area (Å²) >= 11 is 0. The van der Waals surface area contributed by atoms with E-state index in [-0.39, 0.29) is 23.4 Å². The summed E-state index contributed by atoms with van der Waals surface area (Å²) in [7, 11) is 0. The minimum atomic E-state index is -0.462. The first-order valence-corrected chi connectivity index (χ1v) is 13.0.